The van der Waals surface area contributed by atoms with Crippen molar-refractivity contribution >= 4 is 18.1 Å². The van der Waals surface area contributed by atoms with E-state index in [0.717, 1.165) is 12.0 Å². The lowest BCUT2D eigenvalue weighted by Gasteiger charge is -2.24. The van der Waals surface area contributed by atoms with Crippen molar-refractivity contribution in [3.63, 3.8) is 0 Å². The summed E-state index contributed by atoms with van der Waals surface area (Å²) >= 11 is 0. The van der Waals surface area contributed by atoms with Gasteiger partial charge in [0.2, 0.25) is 5.91 Å². The molecule has 1 N–H and O–H groups in total. The smallest absolute Gasteiger partial charge is 0.408 e. The quantitative estimate of drug-likeness (QED) is 0.861. The summed E-state index contributed by atoms with van der Waals surface area (Å²) in [4.78, 5) is 26.4. The lowest BCUT2D eigenvalue weighted by molar-refractivity contribution is -0.131. The van der Waals surface area contributed by atoms with Gasteiger partial charge in [-0.05, 0) is 39.2 Å². The Bertz CT molecular complexity index is 716. The number of alkyl carbamates (subject to hydrolysis) is 1. The number of carbonyl (C=O) groups excluding carboxylic acids is 2. The molecule has 0 aromatic heterocycles. The first-order chi connectivity index (χ1) is 12.8. The van der Waals surface area contributed by atoms with E-state index in [2.05, 4.69) is 11.4 Å². The standard InChI is InChI=1S/C21H27N3O3/c1-21(2,3)27-20(26)23-17(12-11-16-8-5-4-6-9-16)14-19(25)24-13-7-10-18(24)15-22/h4-6,8-9,11-12,17-18H,7,10,13-14H2,1-3H3,(H,23,26)/t17?,18-/m0/s1. The molecule has 1 fully saturated rings. The summed E-state index contributed by atoms with van der Waals surface area (Å²) in [6.45, 7) is 5.94. The molecule has 1 aromatic rings. The molecular weight excluding hydrogens is 342 g/mol. The van der Waals surface area contributed by atoms with E-state index in [-0.39, 0.29) is 18.4 Å². The van der Waals surface area contributed by atoms with Crippen LogP contribution in [-0.4, -0.2) is 41.1 Å². The molecule has 144 valence electrons. The number of hydrogen-bond donors (Lipinski definition) is 1. The van der Waals surface area contributed by atoms with Crippen molar-refractivity contribution < 1.29 is 14.3 Å². The second kappa shape index (κ2) is 9.22. The maximum atomic E-state index is 12.7. The number of hydrogen-bond acceptors (Lipinski definition) is 4. The summed E-state index contributed by atoms with van der Waals surface area (Å²) in [5.41, 5.74) is 0.347. The molecule has 1 aliphatic rings. The van der Waals surface area contributed by atoms with Gasteiger partial charge in [-0.2, -0.15) is 5.26 Å². The molecule has 1 aliphatic heterocycles. The van der Waals surface area contributed by atoms with Crippen molar-refractivity contribution in [2.45, 2.75) is 57.7 Å². The minimum absolute atomic E-state index is 0.0841. The number of amides is 2. The first-order valence-corrected chi connectivity index (χ1v) is 9.20. The normalized spacial score (nSPS) is 18.1. The molecule has 2 atom stereocenters. The number of carbonyl (C=O) groups is 2. The monoisotopic (exact) mass is 369 g/mol. The fraction of sp³-hybridized carbons (Fsp3) is 0.476. The molecule has 0 radical (unpaired) electrons. The summed E-state index contributed by atoms with van der Waals surface area (Å²) in [5.74, 6) is -0.141. The fourth-order valence-corrected chi connectivity index (χ4v) is 2.92. The Morgan fingerprint density at radius 3 is 2.70 bits per heavy atom. The SMILES string of the molecule is CC(C)(C)OC(=O)NC(C=Cc1ccccc1)CC(=O)N1CCC[C@H]1C#N. The second-order valence-electron chi connectivity index (χ2n) is 7.60. The van der Waals surface area contributed by atoms with E-state index in [4.69, 9.17) is 4.74 Å². The largest absolute Gasteiger partial charge is 0.444 e. The van der Waals surface area contributed by atoms with Gasteiger partial charge in [0.1, 0.15) is 11.6 Å². The molecule has 1 unspecified atom stereocenters. The van der Waals surface area contributed by atoms with Gasteiger partial charge in [-0.1, -0.05) is 42.5 Å². The highest BCUT2D eigenvalue weighted by atomic mass is 16.6. The van der Waals surface area contributed by atoms with Gasteiger partial charge in [-0.25, -0.2) is 4.79 Å². The number of rotatable bonds is 5. The van der Waals surface area contributed by atoms with E-state index in [1.54, 1.807) is 31.7 Å². The third-order valence-electron chi connectivity index (χ3n) is 4.14. The minimum Gasteiger partial charge on any atom is -0.444 e. The van der Waals surface area contributed by atoms with Crippen LogP contribution < -0.4 is 5.32 Å². The molecule has 1 saturated heterocycles. The molecule has 0 spiro atoms. The van der Waals surface area contributed by atoms with Gasteiger partial charge in [0.05, 0.1) is 18.5 Å². The van der Waals surface area contributed by atoms with Gasteiger partial charge in [-0.3, -0.25) is 4.79 Å². The Balaban J connectivity index is 2.08. The molecule has 27 heavy (non-hydrogen) atoms. The van der Waals surface area contributed by atoms with Gasteiger partial charge in [0.25, 0.3) is 0 Å². The lowest BCUT2D eigenvalue weighted by atomic mass is 10.1. The first kappa shape index (κ1) is 20.5. The maximum absolute atomic E-state index is 12.7. The van der Waals surface area contributed by atoms with E-state index in [1.807, 2.05) is 36.4 Å². The van der Waals surface area contributed by atoms with Crippen LogP contribution in [0.1, 0.15) is 45.6 Å². The third kappa shape index (κ3) is 6.78. The second-order valence-corrected chi connectivity index (χ2v) is 7.60. The highest BCUT2D eigenvalue weighted by Gasteiger charge is 2.30. The summed E-state index contributed by atoms with van der Waals surface area (Å²) in [6, 6.07) is 10.9. The molecule has 2 amide bonds. The zero-order chi connectivity index (χ0) is 19.9. The van der Waals surface area contributed by atoms with Crippen LogP contribution >= 0.6 is 0 Å². The molecule has 6 nitrogen and oxygen atoms in total. The number of likely N-dealkylation sites (tertiary alicyclic amines) is 1. The lowest BCUT2D eigenvalue weighted by Crippen LogP contribution is -2.43. The molecule has 1 heterocycles. The predicted octanol–water partition coefficient (Wildman–Crippen LogP) is 3.50. The van der Waals surface area contributed by atoms with Crippen LogP contribution in [0.4, 0.5) is 4.79 Å². The van der Waals surface area contributed by atoms with Crippen LogP contribution in [0, 0.1) is 11.3 Å². The van der Waals surface area contributed by atoms with Crippen molar-refractivity contribution in [1.29, 1.82) is 5.26 Å². The van der Waals surface area contributed by atoms with Gasteiger partial charge >= 0.3 is 6.09 Å². The number of ether oxygens (including phenoxy) is 1. The highest BCUT2D eigenvalue weighted by molar-refractivity contribution is 5.79. The molecule has 1 aromatic carbocycles. The van der Waals surface area contributed by atoms with Crippen LogP contribution in [0.2, 0.25) is 0 Å². The van der Waals surface area contributed by atoms with Crippen LogP contribution in [-0.2, 0) is 9.53 Å². The Morgan fingerprint density at radius 1 is 1.37 bits per heavy atom. The average Bonchev–Trinajstić information content (AvgIpc) is 3.07. The summed E-state index contributed by atoms with van der Waals surface area (Å²) in [6.07, 6.45) is 4.69. The number of nitrogens with one attached hydrogen (secondary N) is 1. The predicted molar refractivity (Wildman–Crippen MR) is 104 cm³/mol. The minimum atomic E-state index is -0.622. The number of nitriles is 1. The molecule has 0 bridgehead atoms. The van der Waals surface area contributed by atoms with E-state index < -0.39 is 17.7 Å². The zero-order valence-corrected chi connectivity index (χ0v) is 16.1. The average molecular weight is 369 g/mol. The van der Waals surface area contributed by atoms with Gasteiger partial charge in [-0.15, -0.1) is 0 Å². The van der Waals surface area contributed by atoms with Crippen LogP contribution in [0.3, 0.4) is 0 Å². The van der Waals surface area contributed by atoms with Crippen molar-refractivity contribution in [2.75, 3.05) is 6.54 Å². The van der Waals surface area contributed by atoms with Crippen molar-refractivity contribution in [3.05, 3.63) is 42.0 Å². The molecular formula is C21H27N3O3. The van der Waals surface area contributed by atoms with Crippen LogP contribution in [0.15, 0.2) is 36.4 Å². The third-order valence-corrected chi connectivity index (χ3v) is 4.14. The van der Waals surface area contributed by atoms with E-state index in [0.29, 0.717) is 13.0 Å². The van der Waals surface area contributed by atoms with Crippen molar-refractivity contribution in [3.8, 4) is 6.07 Å². The van der Waals surface area contributed by atoms with Crippen LogP contribution in [0.25, 0.3) is 6.08 Å². The van der Waals surface area contributed by atoms with Crippen molar-refractivity contribution in [1.82, 2.24) is 10.2 Å². The molecule has 0 aliphatic carbocycles. The summed E-state index contributed by atoms with van der Waals surface area (Å²) in [5, 5.41) is 11.9. The Hall–Kier alpha value is -2.81. The number of nitrogens with zero attached hydrogens (tertiary/aromatic N) is 2. The van der Waals surface area contributed by atoms with Gasteiger partial charge in [0, 0.05) is 6.54 Å². The molecule has 0 saturated carbocycles. The van der Waals surface area contributed by atoms with Crippen molar-refractivity contribution in [2.24, 2.45) is 0 Å². The summed E-state index contributed by atoms with van der Waals surface area (Å²) < 4.78 is 5.31. The Morgan fingerprint density at radius 2 is 2.07 bits per heavy atom. The van der Waals surface area contributed by atoms with Crippen LogP contribution in [0.5, 0.6) is 0 Å². The molecule has 2 rings (SSSR count). The Kier molecular flexibility index (Phi) is 7.00. The maximum Gasteiger partial charge on any atom is 0.408 e. The Labute approximate surface area is 160 Å². The fourth-order valence-electron chi connectivity index (χ4n) is 2.92. The zero-order valence-electron chi connectivity index (χ0n) is 16.1. The van der Waals surface area contributed by atoms with E-state index in [9.17, 15) is 14.9 Å². The van der Waals surface area contributed by atoms with Gasteiger partial charge < -0.3 is 15.0 Å². The first-order valence-electron chi connectivity index (χ1n) is 9.20. The van der Waals surface area contributed by atoms with Gasteiger partial charge in [0.15, 0.2) is 0 Å². The molecule has 6 heteroatoms. The van der Waals surface area contributed by atoms with E-state index >= 15 is 0 Å². The summed E-state index contributed by atoms with van der Waals surface area (Å²) in [7, 11) is 0. The van der Waals surface area contributed by atoms with E-state index in [1.165, 1.54) is 0 Å². The highest BCUT2D eigenvalue weighted by Crippen LogP contribution is 2.18. The topological polar surface area (TPSA) is 82.4 Å². The number of benzene rings is 1.